The van der Waals surface area contributed by atoms with Gasteiger partial charge in [-0.1, -0.05) is 30.3 Å². The normalized spacial score (nSPS) is 20.3. The number of imidazole rings is 1. The van der Waals surface area contributed by atoms with E-state index in [-0.39, 0.29) is 12.1 Å². The molecule has 1 saturated carbocycles. The van der Waals surface area contributed by atoms with E-state index in [1.807, 2.05) is 42.7 Å². The van der Waals surface area contributed by atoms with Crippen LogP contribution >= 0.6 is 0 Å². The van der Waals surface area contributed by atoms with E-state index in [2.05, 4.69) is 21.7 Å². The monoisotopic (exact) mass is 406 g/mol. The maximum atomic E-state index is 6.34. The smallest absolute Gasteiger partial charge is 0.165 e. The third-order valence-corrected chi connectivity index (χ3v) is 5.86. The Morgan fingerprint density at radius 1 is 1.07 bits per heavy atom. The maximum Gasteiger partial charge on any atom is 0.165 e. The lowest BCUT2D eigenvalue weighted by atomic mass is 10.1. The fraction of sp³-hybridized carbons (Fsp3) is 0.375. The lowest BCUT2D eigenvalue weighted by Crippen LogP contribution is -2.22. The van der Waals surface area contributed by atoms with Gasteiger partial charge >= 0.3 is 0 Å². The summed E-state index contributed by atoms with van der Waals surface area (Å²) in [6, 6.07) is 14.4. The third-order valence-electron chi connectivity index (χ3n) is 5.86. The van der Waals surface area contributed by atoms with Gasteiger partial charge in [-0.15, -0.1) is 0 Å². The first-order chi connectivity index (χ1) is 14.8. The van der Waals surface area contributed by atoms with Gasteiger partial charge in [0.2, 0.25) is 0 Å². The zero-order valence-corrected chi connectivity index (χ0v) is 17.1. The standard InChI is InChI=1S/C24H26N2O4/c1-27-21-15-23-22(28-12-13-29-23)14-18(21)24-25-10-11-26(24)19-8-5-9-20(19)30-16-17-6-3-2-4-7-17/h2-4,6-7,10-11,14-15,19-20H,5,8-9,12-13,16H2,1H3/t19-,20-/m1/s1. The highest BCUT2D eigenvalue weighted by Crippen LogP contribution is 2.43. The molecule has 1 aliphatic heterocycles. The highest BCUT2D eigenvalue weighted by molar-refractivity contribution is 5.70. The summed E-state index contributed by atoms with van der Waals surface area (Å²) >= 11 is 0. The second-order valence-corrected chi connectivity index (χ2v) is 7.69. The molecule has 0 saturated heterocycles. The molecule has 1 fully saturated rings. The Kier molecular flexibility index (Phi) is 5.32. The van der Waals surface area contributed by atoms with Crippen LogP contribution in [0.15, 0.2) is 54.9 Å². The predicted molar refractivity (Wildman–Crippen MR) is 113 cm³/mol. The number of aromatic nitrogens is 2. The molecule has 0 unspecified atom stereocenters. The van der Waals surface area contributed by atoms with Gasteiger partial charge in [0.1, 0.15) is 24.8 Å². The number of ether oxygens (including phenoxy) is 4. The number of methoxy groups -OCH3 is 1. The van der Waals surface area contributed by atoms with Crippen molar-refractivity contribution in [2.75, 3.05) is 20.3 Å². The molecule has 156 valence electrons. The Morgan fingerprint density at radius 3 is 2.67 bits per heavy atom. The van der Waals surface area contributed by atoms with Gasteiger partial charge in [-0.25, -0.2) is 4.98 Å². The van der Waals surface area contributed by atoms with Crippen molar-refractivity contribution in [1.82, 2.24) is 9.55 Å². The van der Waals surface area contributed by atoms with E-state index >= 15 is 0 Å². The van der Waals surface area contributed by atoms with Crippen LogP contribution in [0.1, 0.15) is 30.9 Å². The third kappa shape index (κ3) is 3.63. The van der Waals surface area contributed by atoms with E-state index < -0.39 is 0 Å². The van der Waals surface area contributed by atoms with E-state index in [0.717, 1.165) is 42.1 Å². The van der Waals surface area contributed by atoms with Gasteiger partial charge in [-0.2, -0.15) is 0 Å². The Bertz CT molecular complexity index is 1000. The Hall–Kier alpha value is -2.99. The summed E-state index contributed by atoms with van der Waals surface area (Å²) < 4.78 is 25.7. The molecule has 2 aliphatic rings. The zero-order chi connectivity index (χ0) is 20.3. The van der Waals surface area contributed by atoms with E-state index in [4.69, 9.17) is 18.9 Å². The zero-order valence-electron chi connectivity index (χ0n) is 17.1. The Balaban J connectivity index is 1.43. The van der Waals surface area contributed by atoms with Crippen molar-refractivity contribution in [2.45, 2.75) is 38.0 Å². The van der Waals surface area contributed by atoms with Crippen molar-refractivity contribution < 1.29 is 18.9 Å². The summed E-state index contributed by atoms with van der Waals surface area (Å²) in [7, 11) is 1.67. The van der Waals surface area contributed by atoms with Crippen LogP contribution in [0, 0.1) is 0 Å². The summed E-state index contributed by atoms with van der Waals surface area (Å²) in [5.74, 6) is 3.04. The molecule has 30 heavy (non-hydrogen) atoms. The molecule has 2 aromatic carbocycles. The minimum atomic E-state index is 0.154. The van der Waals surface area contributed by atoms with Crippen molar-refractivity contribution in [3.63, 3.8) is 0 Å². The number of nitrogens with zero attached hydrogens (tertiary/aromatic N) is 2. The summed E-state index contributed by atoms with van der Waals surface area (Å²) in [6.45, 7) is 1.72. The predicted octanol–water partition coefficient (Wildman–Crippen LogP) is 4.64. The SMILES string of the molecule is COc1cc2c(cc1-c1nccn1[C@@H]1CCC[C@H]1OCc1ccccc1)OCCO2. The molecule has 2 atom stereocenters. The highest BCUT2D eigenvalue weighted by atomic mass is 16.6. The van der Waals surface area contributed by atoms with Crippen LogP contribution in [0.5, 0.6) is 17.2 Å². The summed E-state index contributed by atoms with van der Waals surface area (Å²) in [5, 5.41) is 0. The van der Waals surface area contributed by atoms with Gasteiger partial charge in [0, 0.05) is 18.5 Å². The summed E-state index contributed by atoms with van der Waals surface area (Å²) in [6.07, 6.45) is 7.29. The van der Waals surface area contributed by atoms with Crippen molar-refractivity contribution in [3.05, 3.63) is 60.4 Å². The minimum Gasteiger partial charge on any atom is -0.496 e. The highest BCUT2D eigenvalue weighted by Gasteiger charge is 2.32. The van der Waals surface area contributed by atoms with E-state index in [0.29, 0.717) is 25.6 Å². The second kappa shape index (κ2) is 8.40. The van der Waals surface area contributed by atoms with Crippen LogP contribution in [-0.2, 0) is 11.3 Å². The molecule has 5 rings (SSSR count). The van der Waals surface area contributed by atoms with E-state index in [1.165, 1.54) is 5.56 Å². The first-order valence-corrected chi connectivity index (χ1v) is 10.5. The number of hydrogen-bond acceptors (Lipinski definition) is 5. The molecule has 6 heteroatoms. The van der Waals surface area contributed by atoms with Crippen LogP contribution in [0.25, 0.3) is 11.4 Å². The number of hydrogen-bond donors (Lipinski definition) is 0. The average Bonchev–Trinajstić information content (AvgIpc) is 3.46. The molecule has 3 aromatic rings. The molecule has 0 bridgehead atoms. The van der Waals surface area contributed by atoms with Crippen molar-refractivity contribution >= 4 is 0 Å². The van der Waals surface area contributed by atoms with Crippen LogP contribution in [-0.4, -0.2) is 36.0 Å². The molecular weight excluding hydrogens is 380 g/mol. The molecule has 0 radical (unpaired) electrons. The van der Waals surface area contributed by atoms with Crippen LogP contribution < -0.4 is 14.2 Å². The van der Waals surface area contributed by atoms with Crippen molar-refractivity contribution in [3.8, 4) is 28.6 Å². The summed E-state index contributed by atoms with van der Waals surface area (Å²) in [4.78, 5) is 4.67. The van der Waals surface area contributed by atoms with Crippen LogP contribution in [0.2, 0.25) is 0 Å². The fourth-order valence-electron chi connectivity index (χ4n) is 4.40. The van der Waals surface area contributed by atoms with Gasteiger partial charge in [0.15, 0.2) is 11.5 Å². The quantitative estimate of drug-likeness (QED) is 0.597. The molecule has 1 aliphatic carbocycles. The molecule has 1 aromatic heterocycles. The van der Waals surface area contributed by atoms with Gasteiger partial charge in [-0.3, -0.25) is 0 Å². The molecular formula is C24H26N2O4. The summed E-state index contributed by atoms with van der Waals surface area (Å²) in [5.41, 5.74) is 2.10. The molecule has 0 spiro atoms. The van der Waals surface area contributed by atoms with Crippen LogP contribution in [0.4, 0.5) is 0 Å². The maximum absolute atomic E-state index is 6.34. The fourth-order valence-corrected chi connectivity index (χ4v) is 4.40. The van der Waals surface area contributed by atoms with Gasteiger partial charge < -0.3 is 23.5 Å². The van der Waals surface area contributed by atoms with Gasteiger partial charge in [-0.05, 0) is 30.9 Å². The minimum absolute atomic E-state index is 0.154. The number of rotatable bonds is 6. The van der Waals surface area contributed by atoms with E-state index in [9.17, 15) is 0 Å². The lowest BCUT2D eigenvalue weighted by molar-refractivity contribution is 0.0198. The van der Waals surface area contributed by atoms with E-state index in [1.54, 1.807) is 7.11 Å². The van der Waals surface area contributed by atoms with Crippen molar-refractivity contribution in [1.29, 1.82) is 0 Å². The molecule has 0 amide bonds. The number of fused-ring (bicyclic) bond motifs is 1. The Morgan fingerprint density at radius 2 is 1.87 bits per heavy atom. The number of benzene rings is 2. The topological polar surface area (TPSA) is 54.7 Å². The second-order valence-electron chi connectivity index (χ2n) is 7.69. The van der Waals surface area contributed by atoms with Gasteiger partial charge in [0.25, 0.3) is 0 Å². The molecule has 2 heterocycles. The van der Waals surface area contributed by atoms with Crippen molar-refractivity contribution in [2.24, 2.45) is 0 Å². The molecule has 6 nitrogen and oxygen atoms in total. The van der Waals surface area contributed by atoms with Crippen LogP contribution in [0.3, 0.4) is 0 Å². The lowest BCUT2D eigenvalue weighted by Gasteiger charge is -2.25. The average molecular weight is 406 g/mol. The van der Waals surface area contributed by atoms with Gasteiger partial charge in [0.05, 0.1) is 31.4 Å². The first kappa shape index (κ1) is 19.0. The molecule has 0 N–H and O–H groups in total. The first-order valence-electron chi connectivity index (χ1n) is 10.5. The Labute approximate surface area is 176 Å². The largest absolute Gasteiger partial charge is 0.496 e.